The number of carbonyl (C=O) groups is 1. The van der Waals surface area contributed by atoms with E-state index >= 15 is 0 Å². The molecule has 0 atom stereocenters. The summed E-state index contributed by atoms with van der Waals surface area (Å²) in [4.78, 5) is 15.9. The topological polar surface area (TPSA) is 51.9 Å². The molecule has 3 rings (SSSR count). The van der Waals surface area contributed by atoms with E-state index in [4.69, 9.17) is 13.9 Å². The summed E-state index contributed by atoms with van der Waals surface area (Å²) in [6, 6.07) is 12.9. The largest absolute Gasteiger partial charge is 0.493 e. The normalized spacial score (nSPS) is 10.5. The van der Waals surface area contributed by atoms with Gasteiger partial charge in [-0.25, -0.2) is 0 Å². The first-order chi connectivity index (χ1) is 12.2. The van der Waals surface area contributed by atoms with Crippen LogP contribution in [0.4, 0.5) is 0 Å². The molecule has 6 heteroatoms. The number of nitrogens with zero attached hydrogens (tertiary/aromatic N) is 1. The standard InChI is InChI=1S/C19H19NO4S/c1-22-17-8-7-14(11-18(17)23-2)19(21)20(12-15-5-3-9-24-15)13-16-6-4-10-25-16/h3-11H,12-13H2,1-2H3. The minimum absolute atomic E-state index is 0.0919. The maximum atomic E-state index is 13.1. The van der Waals surface area contributed by atoms with E-state index in [-0.39, 0.29) is 5.91 Å². The molecule has 0 bridgehead atoms. The van der Waals surface area contributed by atoms with Crippen LogP contribution in [-0.4, -0.2) is 25.0 Å². The number of hydrogen-bond donors (Lipinski definition) is 0. The Kier molecular flexibility index (Phi) is 5.40. The molecule has 1 aromatic carbocycles. The fraction of sp³-hybridized carbons (Fsp3) is 0.211. The predicted molar refractivity (Wildman–Crippen MR) is 96.2 cm³/mol. The van der Waals surface area contributed by atoms with E-state index in [2.05, 4.69) is 0 Å². The van der Waals surface area contributed by atoms with E-state index in [0.717, 1.165) is 10.6 Å². The lowest BCUT2D eigenvalue weighted by molar-refractivity contribution is 0.0719. The van der Waals surface area contributed by atoms with Crippen LogP contribution in [0.25, 0.3) is 0 Å². The number of carbonyl (C=O) groups excluding carboxylic acids is 1. The molecule has 0 aliphatic heterocycles. The maximum Gasteiger partial charge on any atom is 0.254 e. The maximum absolute atomic E-state index is 13.1. The zero-order valence-electron chi connectivity index (χ0n) is 14.1. The van der Waals surface area contributed by atoms with Crippen LogP contribution in [0.1, 0.15) is 21.0 Å². The van der Waals surface area contributed by atoms with Crippen LogP contribution >= 0.6 is 11.3 Å². The first kappa shape index (κ1) is 17.1. The third kappa shape index (κ3) is 4.03. The number of methoxy groups -OCH3 is 2. The van der Waals surface area contributed by atoms with Crippen LogP contribution in [0, 0.1) is 0 Å². The number of ether oxygens (including phenoxy) is 2. The summed E-state index contributed by atoms with van der Waals surface area (Å²) in [5.74, 6) is 1.77. The zero-order valence-corrected chi connectivity index (χ0v) is 14.9. The molecule has 2 heterocycles. The lowest BCUT2D eigenvalue weighted by atomic mass is 10.1. The second-order valence-corrected chi connectivity index (χ2v) is 6.42. The van der Waals surface area contributed by atoms with Crippen molar-refractivity contribution in [1.82, 2.24) is 4.90 Å². The third-order valence-electron chi connectivity index (χ3n) is 3.77. The van der Waals surface area contributed by atoms with Crippen LogP contribution in [0.3, 0.4) is 0 Å². The number of thiophene rings is 1. The van der Waals surface area contributed by atoms with Gasteiger partial charge in [-0.3, -0.25) is 4.79 Å². The van der Waals surface area contributed by atoms with Gasteiger partial charge in [0.05, 0.1) is 33.6 Å². The van der Waals surface area contributed by atoms with Crippen molar-refractivity contribution >= 4 is 17.2 Å². The molecule has 2 aromatic heterocycles. The van der Waals surface area contributed by atoms with E-state index < -0.39 is 0 Å². The SMILES string of the molecule is COc1ccc(C(=O)N(Cc2ccco2)Cc2cccs2)cc1OC. The highest BCUT2D eigenvalue weighted by Gasteiger charge is 2.20. The Balaban J connectivity index is 1.87. The Morgan fingerprint density at radius 2 is 1.92 bits per heavy atom. The smallest absolute Gasteiger partial charge is 0.254 e. The molecular formula is C19H19NO4S. The van der Waals surface area contributed by atoms with E-state index in [9.17, 15) is 4.79 Å². The van der Waals surface area contributed by atoms with Crippen molar-refractivity contribution in [2.45, 2.75) is 13.1 Å². The molecular weight excluding hydrogens is 338 g/mol. The van der Waals surface area contributed by atoms with E-state index in [1.807, 2.05) is 29.6 Å². The lowest BCUT2D eigenvalue weighted by Gasteiger charge is -2.21. The predicted octanol–water partition coefficient (Wildman–Crippen LogP) is 4.20. The molecule has 0 N–H and O–H groups in total. The summed E-state index contributed by atoms with van der Waals surface area (Å²) in [5.41, 5.74) is 0.542. The molecule has 0 fully saturated rings. The molecule has 0 aliphatic carbocycles. The Labute approximate surface area is 150 Å². The van der Waals surface area contributed by atoms with Gasteiger partial charge < -0.3 is 18.8 Å². The molecule has 5 nitrogen and oxygen atoms in total. The number of benzene rings is 1. The van der Waals surface area contributed by atoms with E-state index in [1.165, 1.54) is 0 Å². The van der Waals surface area contributed by atoms with Gasteiger partial charge in [-0.2, -0.15) is 0 Å². The first-order valence-electron chi connectivity index (χ1n) is 7.77. The fourth-order valence-electron chi connectivity index (χ4n) is 2.53. The van der Waals surface area contributed by atoms with Gasteiger partial charge >= 0.3 is 0 Å². The van der Waals surface area contributed by atoms with Gasteiger partial charge in [0.25, 0.3) is 5.91 Å². The van der Waals surface area contributed by atoms with Gasteiger partial charge in [0.15, 0.2) is 11.5 Å². The molecule has 0 saturated carbocycles. The molecule has 3 aromatic rings. The second-order valence-electron chi connectivity index (χ2n) is 5.39. The molecule has 1 amide bonds. The summed E-state index contributed by atoms with van der Waals surface area (Å²) in [5, 5.41) is 2.00. The highest BCUT2D eigenvalue weighted by Crippen LogP contribution is 2.28. The van der Waals surface area contributed by atoms with Crippen molar-refractivity contribution in [2.24, 2.45) is 0 Å². The molecule has 0 radical (unpaired) electrons. The van der Waals surface area contributed by atoms with Crippen molar-refractivity contribution in [1.29, 1.82) is 0 Å². The molecule has 0 aliphatic rings. The summed E-state index contributed by atoms with van der Waals surface area (Å²) < 4.78 is 16.0. The van der Waals surface area contributed by atoms with Crippen LogP contribution < -0.4 is 9.47 Å². The van der Waals surface area contributed by atoms with Crippen LogP contribution in [0.5, 0.6) is 11.5 Å². The van der Waals surface area contributed by atoms with Crippen LogP contribution in [-0.2, 0) is 13.1 Å². The summed E-state index contributed by atoms with van der Waals surface area (Å²) in [7, 11) is 3.12. The van der Waals surface area contributed by atoms with Gasteiger partial charge in [0, 0.05) is 10.4 Å². The van der Waals surface area contributed by atoms with Gasteiger partial charge in [-0.1, -0.05) is 6.07 Å². The number of rotatable bonds is 7. The van der Waals surface area contributed by atoms with Crippen molar-refractivity contribution in [3.8, 4) is 11.5 Å². The summed E-state index contributed by atoms with van der Waals surface area (Å²) in [6.07, 6.45) is 1.61. The molecule has 130 valence electrons. The van der Waals surface area contributed by atoms with E-state index in [0.29, 0.717) is 30.2 Å². The number of amides is 1. The Morgan fingerprint density at radius 3 is 2.56 bits per heavy atom. The van der Waals surface area contributed by atoms with Gasteiger partial charge in [0.2, 0.25) is 0 Å². The lowest BCUT2D eigenvalue weighted by Crippen LogP contribution is -2.29. The monoisotopic (exact) mass is 357 g/mol. The van der Waals surface area contributed by atoms with Crippen molar-refractivity contribution in [3.63, 3.8) is 0 Å². The number of furan rings is 1. The van der Waals surface area contributed by atoms with Crippen LogP contribution in [0.2, 0.25) is 0 Å². The van der Waals surface area contributed by atoms with Gasteiger partial charge in [-0.05, 0) is 41.8 Å². The average Bonchev–Trinajstić information content (AvgIpc) is 3.34. The molecule has 25 heavy (non-hydrogen) atoms. The molecule has 0 unspecified atom stereocenters. The minimum atomic E-state index is -0.0919. The molecule has 0 spiro atoms. The quantitative estimate of drug-likeness (QED) is 0.636. The van der Waals surface area contributed by atoms with Crippen molar-refractivity contribution in [3.05, 3.63) is 70.3 Å². The molecule has 0 saturated heterocycles. The highest BCUT2D eigenvalue weighted by molar-refractivity contribution is 7.09. The zero-order chi connectivity index (χ0) is 17.6. The Bertz CT molecular complexity index is 776. The summed E-state index contributed by atoms with van der Waals surface area (Å²) >= 11 is 1.62. The number of hydrogen-bond acceptors (Lipinski definition) is 5. The average molecular weight is 357 g/mol. The fourth-order valence-corrected chi connectivity index (χ4v) is 3.25. The van der Waals surface area contributed by atoms with E-state index in [1.54, 1.807) is 54.9 Å². The van der Waals surface area contributed by atoms with Crippen molar-refractivity contribution in [2.75, 3.05) is 14.2 Å². The highest BCUT2D eigenvalue weighted by atomic mass is 32.1. The Hall–Kier alpha value is -2.73. The summed E-state index contributed by atoms with van der Waals surface area (Å²) in [6.45, 7) is 0.920. The van der Waals surface area contributed by atoms with Gasteiger partial charge in [0.1, 0.15) is 5.76 Å². The van der Waals surface area contributed by atoms with Gasteiger partial charge in [-0.15, -0.1) is 11.3 Å². The Morgan fingerprint density at radius 1 is 1.08 bits per heavy atom. The second kappa shape index (κ2) is 7.90. The first-order valence-corrected chi connectivity index (χ1v) is 8.65. The third-order valence-corrected chi connectivity index (χ3v) is 4.63. The van der Waals surface area contributed by atoms with Crippen molar-refractivity contribution < 1.29 is 18.7 Å². The van der Waals surface area contributed by atoms with Crippen LogP contribution in [0.15, 0.2) is 58.5 Å². The minimum Gasteiger partial charge on any atom is -0.493 e.